The van der Waals surface area contributed by atoms with Crippen LogP contribution in [0.2, 0.25) is 0 Å². The minimum absolute atomic E-state index is 0.00651. The zero-order valence-corrected chi connectivity index (χ0v) is 26.9. The lowest BCUT2D eigenvalue weighted by molar-refractivity contribution is -0.525. The van der Waals surface area contributed by atoms with E-state index in [-0.39, 0.29) is 48.2 Å². The molecule has 4 fully saturated rings. The van der Waals surface area contributed by atoms with Crippen LogP contribution in [0.25, 0.3) is 0 Å². The number of unbranched alkanes of at least 4 members (excludes halogenated alkanes) is 4. The van der Waals surface area contributed by atoms with Crippen molar-refractivity contribution in [1.82, 2.24) is 21.4 Å². The van der Waals surface area contributed by atoms with Crippen LogP contribution in [-0.4, -0.2) is 60.2 Å². The van der Waals surface area contributed by atoms with Gasteiger partial charge in [0.1, 0.15) is 6.04 Å². The summed E-state index contributed by atoms with van der Waals surface area (Å²) in [7, 11) is -0.578. The van der Waals surface area contributed by atoms with E-state index >= 15 is 0 Å². The Morgan fingerprint density at radius 1 is 1.14 bits per heavy atom. The Balaban J connectivity index is 1.65. The maximum Gasteiger partial charge on any atom is 0.481 e. The summed E-state index contributed by atoms with van der Waals surface area (Å²) in [6.45, 7) is 13.3. The van der Waals surface area contributed by atoms with Gasteiger partial charge in [-0.25, -0.2) is 10.1 Å². The van der Waals surface area contributed by atoms with Crippen LogP contribution in [0.1, 0.15) is 106 Å². The van der Waals surface area contributed by atoms with E-state index in [2.05, 4.69) is 57.5 Å². The Morgan fingerprint density at radius 2 is 1.88 bits per heavy atom. The molecule has 0 aromatic rings. The molecule has 0 radical (unpaired) electrons. The number of amides is 2. The van der Waals surface area contributed by atoms with Crippen molar-refractivity contribution in [2.45, 2.75) is 129 Å². The fourth-order valence-electron chi connectivity index (χ4n) is 7.12. The lowest BCUT2D eigenvalue weighted by Gasteiger charge is -2.64. The number of rotatable bonds is 17. The van der Waals surface area contributed by atoms with Gasteiger partial charge in [0.25, 0.3) is 5.96 Å². The summed E-state index contributed by atoms with van der Waals surface area (Å²) in [4.78, 5) is 37.0. The third-order valence-corrected chi connectivity index (χ3v) is 9.65. The van der Waals surface area contributed by atoms with E-state index in [1.807, 2.05) is 6.08 Å². The second-order valence-corrected chi connectivity index (χ2v) is 13.7. The molecule has 0 aromatic heterocycles. The SMILES string of the molecule is CCCCCC/C=C/C(=O)N[C@@H](CCCNC(=N)N[N+](=O)[O-])C(=O)N[C@@H](CC(C)C)B1O[C@@H]2C[C@@H]3C[C@@H](C3(C)C)[C@]2(C)O1. The van der Waals surface area contributed by atoms with Crippen LogP contribution in [0.5, 0.6) is 0 Å². The second kappa shape index (κ2) is 15.4. The summed E-state index contributed by atoms with van der Waals surface area (Å²) in [6, 6.07) is -0.836. The molecular formula is C30H53BN6O6. The molecule has 1 heterocycles. The molecule has 0 aromatic carbocycles. The maximum absolute atomic E-state index is 13.7. The van der Waals surface area contributed by atoms with Crippen LogP contribution in [-0.2, 0) is 18.9 Å². The van der Waals surface area contributed by atoms with Crippen molar-refractivity contribution in [2.75, 3.05) is 6.54 Å². The van der Waals surface area contributed by atoms with Crippen LogP contribution in [0.4, 0.5) is 0 Å². The van der Waals surface area contributed by atoms with E-state index in [1.165, 1.54) is 6.08 Å². The highest BCUT2D eigenvalue weighted by molar-refractivity contribution is 6.48. The first-order valence-electron chi connectivity index (χ1n) is 16.1. The van der Waals surface area contributed by atoms with E-state index in [4.69, 9.17) is 14.7 Å². The third-order valence-electron chi connectivity index (χ3n) is 9.65. The molecule has 0 unspecified atom stereocenters. The molecule has 6 atom stereocenters. The zero-order valence-electron chi connectivity index (χ0n) is 26.9. The smallest absolute Gasteiger partial charge is 0.404 e. The van der Waals surface area contributed by atoms with Gasteiger partial charge < -0.3 is 25.3 Å². The molecule has 43 heavy (non-hydrogen) atoms. The Bertz CT molecular complexity index is 1030. The van der Waals surface area contributed by atoms with Crippen LogP contribution >= 0.6 is 0 Å². The number of nitrogens with zero attached hydrogens (tertiary/aromatic N) is 1. The Labute approximate surface area is 257 Å². The number of allylic oxidation sites excluding steroid dienone is 1. The predicted octanol–water partition coefficient (Wildman–Crippen LogP) is 3.88. The van der Waals surface area contributed by atoms with Crippen LogP contribution in [0.3, 0.4) is 0 Å². The summed E-state index contributed by atoms with van der Waals surface area (Å²) in [5, 5.41) is 25.9. The van der Waals surface area contributed by atoms with Gasteiger partial charge in [0.2, 0.25) is 11.8 Å². The largest absolute Gasteiger partial charge is 0.481 e. The van der Waals surface area contributed by atoms with Crippen molar-refractivity contribution in [2.24, 2.45) is 23.2 Å². The molecule has 5 N–H and O–H groups in total. The molecule has 1 saturated heterocycles. The first-order valence-corrected chi connectivity index (χ1v) is 16.1. The monoisotopic (exact) mass is 604 g/mol. The summed E-state index contributed by atoms with van der Waals surface area (Å²) >= 11 is 0. The number of nitrogens with one attached hydrogen (secondary N) is 5. The summed E-state index contributed by atoms with van der Waals surface area (Å²) < 4.78 is 13.2. The number of nitro groups is 1. The highest BCUT2D eigenvalue weighted by Crippen LogP contribution is 2.65. The number of carbonyl (C=O) groups excluding carboxylic acids is 2. The molecular weight excluding hydrogens is 551 g/mol. The standard InChI is InChI=1S/C30H53BN6O6/c1-7-8-9-10-11-12-15-26(38)34-22(14-13-16-33-28(32)36-37(40)41)27(39)35-25(17-20(2)3)31-42-24-19-21-18-23(29(21,4)5)30(24,6)43-31/h12,15,20-25H,7-11,13-14,16-19H2,1-6H3,(H,34,38)(H,35,39)(H3,32,33,36)/b15-12+/t21-,22-,23-,24+,25-,30-/m0/s1. The normalized spacial score (nSPS) is 26.8. The maximum atomic E-state index is 13.7. The number of hydrogen-bond acceptors (Lipinski definition) is 7. The van der Waals surface area contributed by atoms with Crippen LogP contribution < -0.4 is 21.4 Å². The van der Waals surface area contributed by atoms with Gasteiger partial charge in [-0.1, -0.05) is 65.4 Å². The molecule has 1 aliphatic heterocycles. The lowest BCUT2D eigenvalue weighted by Crippen LogP contribution is -2.65. The van der Waals surface area contributed by atoms with Gasteiger partial charge in [-0.05, 0) is 81.1 Å². The zero-order chi connectivity index (χ0) is 31.8. The molecule has 4 aliphatic rings. The number of hydrogen-bond donors (Lipinski definition) is 5. The van der Waals surface area contributed by atoms with Gasteiger partial charge in [0, 0.05) is 6.54 Å². The van der Waals surface area contributed by atoms with Crippen molar-refractivity contribution in [3.63, 3.8) is 0 Å². The lowest BCUT2D eigenvalue weighted by atomic mass is 9.43. The topological polar surface area (TPSA) is 168 Å². The Hall–Kier alpha value is -2.67. The molecule has 3 saturated carbocycles. The van der Waals surface area contributed by atoms with Gasteiger partial charge in [0.15, 0.2) is 5.03 Å². The average Bonchev–Trinajstić information content (AvgIpc) is 3.28. The van der Waals surface area contributed by atoms with Crippen molar-refractivity contribution < 1.29 is 23.9 Å². The molecule has 2 bridgehead atoms. The summed E-state index contributed by atoms with van der Waals surface area (Å²) in [5.41, 5.74) is 1.56. The van der Waals surface area contributed by atoms with Crippen LogP contribution in [0, 0.1) is 38.7 Å². The van der Waals surface area contributed by atoms with Crippen molar-refractivity contribution >= 4 is 24.9 Å². The van der Waals surface area contributed by atoms with E-state index < -0.39 is 29.8 Å². The van der Waals surface area contributed by atoms with Crippen molar-refractivity contribution in [3.05, 3.63) is 22.3 Å². The fraction of sp³-hybridized carbons (Fsp3) is 0.833. The number of hydrazine groups is 1. The van der Waals surface area contributed by atoms with Crippen molar-refractivity contribution in [1.29, 1.82) is 5.41 Å². The van der Waals surface area contributed by atoms with E-state index in [0.29, 0.717) is 24.7 Å². The fourth-order valence-corrected chi connectivity index (χ4v) is 7.12. The second-order valence-electron chi connectivity index (χ2n) is 13.7. The molecule has 4 rings (SSSR count). The number of guanidine groups is 1. The summed E-state index contributed by atoms with van der Waals surface area (Å²) in [6.07, 6.45) is 12.0. The first kappa shape index (κ1) is 34.8. The molecule has 2 amide bonds. The molecule has 12 nitrogen and oxygen atoms in total. The highest BCUT2D eigenvalue weighted by Gasteiger charge is 2.68. The van der Waals surface area contributed by atoms with E-state index in [0.717, 1.165) is 44.9 Å². The molecule has 3 aliphatic carbocycles. The Kier molecular flexibility index (Phi) is 12.4. The first-order chi connectivity index (χ1) is 20.3. The molecule has 0 spiro atoms. The van der Waals surface area contributed by atoms with Crippen LogP contribution in [0.15, 0.2) is 12.2 Å². The van der Waals surface area contributed by atoms with Gasteiger partial charge in [0.05, 0.1) is 17.6 Å². The van der Waals surface area contributed by atoms with Gasteiger partial charge in [-0.15, -0.1) is 0 Å². The minimum Gasteiger partial charge on any atom is -0.404 e. The third kappa shape index (κ3) is 9.17. The van der Waals surface area contributed by atoms with E-state index in [9.17, 15) is 19.7 Å². The van der Waals surface area contributed by atoms with E-state index in [1.54, 1.807) is 5.43 Å². The van der Waals surface area contributed by atoms with Gasteiger partial charge >= 0.3 is 7.12 Å². The quantitative estimate of drug-likeness (QED) is 0.0317. The summed E-state index contributed by atoms with van der Waals surface area (Å²) in [5.74, 6) is -0.214. The molecule has 242 valence electrons. The van der Waals surface area contributed by atoms with Gasteiger partial charge in [-0.2, -0.15) is 0 Å². The average molecular weight is 605 g/mol. The highest BCUT2D eigenvalue weighted by atomic mass is 16.7. The Morgan fingerprint density at radius 3 is 2.53 bits per heavy atom. The predicted molar refractivity (Wildman–Crippen MR) is 166 cm³/mol. The van der Waals surface area contributed by atoms with Crippen molar-refractivity contribution in [3.8, 4) is 0 Å². The molecule has 13 heteroatoms. The van der Waals surface area contributed by atoms with Gasteiger partial charge in [-0.3, -0.25) is 15.0 Å². The minimum atomic E-state index is -0.836. The number of carbonyl (C=O) groups is 2.